The van der Waals surface area contributed by atoms with Crippen LogP contribution >= 0.6 is 0 Å². The number of carbonyl (C=O) groups is 1. The van der Waals surface area contributed by atoms with Gasteiger partial charge in [-0.1, -0.05) is 12.1 Å². The molecule has 20 heavy (non-hydrogen) atoms. The van der Waals surface area contributed by atoms with E-state index in [1.54, 1.807) is 18.5 Å². The van der Waals surface area contributed by atoms with E-state index in [0.717, 1.165) is 17.1 Å². The van der Waals surface area contributed by atoms with Gasteiger partial charge < -0.3 is 10.6 Å². The zero-order valence-electron chi connectivity index (χ0n) is 11.6. The van der Waals surface area contributed by atoms with E-state index in [-0.39, 0.29) is 11.9 Å². The van der Waals surface area contributed by atoms with Crippen LogP contribution in [0.5, 0.6) is 0 Å². The first kappa shape index (κ1) is 14.1. The molecule has 5 heteroatoms. The second-order valence-corrected chi connectivity index (χ2v) is 4.57. The molecule has 1 heterocycles. The highest BCUT2D eigenvalue weighted by Gasteiger charge is 2.06. The Morgan fingerprint density at radius 2 is 2.00 bits per heavy atom. The number of hydrogen-bond donors (Lipinski definition) is 2. The maximum absolute atomic E-state index is 11.1. The van der Waals surface area contributed by atoms with Crippen LogP contribution in [-0.2, 0) is 11.3 Å². The quantitative estimate of drug-likeness (QED) is 0.874. The standard InChI is InChI=1S/C15H18N4O/c1-11(18-10-15-16-7-4-8-17-15)13-5-3-6-14(9-13)19-12(2)20/h3-9,11,18H,10H2,1-2H3,(H,19,20). The minimum Gasteiger partial charge on any atom is -0.326 e. The maximum Gasteiger partial charge on any atom is 0.221 e. The van der Waals surface area contributed by atoms with E-state index in [4.69, 9.17) is 0 Å². The van der Waals surface area contributed by atoms with Crippen molar-refractivity contribution in [1.82, 2.24) is 15.3 Å². The van der Waals surface area contributed by atoms with Crippen LogP contribution in [0.25, 0.3) is 0 Å². The SMILES string of the molecule is CC(=O)Nc1cccc(C(C)NCc2ncccn2)c1. The molecule has 0 aliphatic rings. The van der Waals surface area contributed by atoms with Crippen molar-refractivity contribution in [1.29, 1.82) is 0 Å². The molecule has 1 aromatic heterocycles. The molecule has 2 aromatic rings. The summed E-state index contributed by atoms with van der Waals surface area (Å²) < 4.78 is 0. The Bertz CT molecular complexity index is 571. The van der Waals surface area contributed by atoms with Gasteiger partial charge in [-0.2, -0.15) is 0 Å². The molecule has 0 saturated carbocycles. The molecular formula is C15H18N4O. The van der Waals surface area contributed by atoms with Gasteiger partial charge in [0, 0.05) is 31.0 Å². The average molecular weight is 270 g/mol. The van der Waals surface area contributed by atoms with Gasteiger partial charge >= 0.3 is 0 Å². The molecule has 1 aromatic carbocycles. The van der Waals surface area contributed by atoms with Crippen LogP contribution in [0.15, 0.2) is 42.7 Å². The first-order valence-corrected chi connectivity index (χ1v) is 6.52. The first-order valence-electron chi connectivity index (χ1n) is 6.52. The first-order chi connectivity index (χ1) is 9.65. The third-order valence-corrected chi connectivity index (χ3v) is 2.89. The highest BCUT2D eigenvalue weighted by Crippen LogP contribution is 2.17. The lowest BCUT2D eigenvalue weighted by Gasteiger charge is -2.14. The fraction of sp³-hybridized carbons (Fsp3) is 0.267. The largest absolute Gasteiger partial charge is 0.326 e. The summed E-state index contributed by atoms with van der Waals surface area (Å²) in [5, 5.41) is 6.14. The van der Waals surface area contributed by atoms with Crippen LogP contribution in [0.4, 0.5) is 5.69 Å². The van der Waals surface area contributed by atoms with Crippen molar-refractivity contribution in [3.63, 3.8) is 0 Å². The number of carbonyl (C=O) groups excluding carboxylic acids is 1. The molecular weight excluding hydrogens is 252 g/mol. The Kier molecular flexibility index (Phi) is 4.79. The monoisotopic (exact) mass is 270 g/mol. The predicted molar refractivity (Wildman–Crippen MR) is 78.0 cm³/mol. The van der Waals surface area contributed by atoms with Crippen molar-refractivity contribution in [2.24, 2.45) is 0 Å². The molecule has 0 bridgehead atoms. The number of nitrogens with one attached hydrogen (secondary N) is 2. The van der Waals surface area contributed by atoms with Crippen LogP contribution < -0.4 is 10.6 Å². The summed E-state index contributed by atoms with van der Waals surface area (Å²) in [7, 11) is 0. The van der Waals surface area contributed by atoms with Gasteiger partial charge in [0.15, 0.2) is 0 Å². The molecule has 2 rings (SSSR count). The molecule has 5 nitrogen and oxygen atoms in total. The van der Waals surface area contributed by atoms with Crippen LogP contribution in [-0.4, -0.2) is 15.9 Å². The second kappa shape index (κ2) is 6.77. The number of rotatable bonds is 5. The summed E-state index contributed by atoms with van der Waals surface area (Å²) in [6, 6.07) is 9.73. The highest BCUT2D eigenvalue weighted by atomic mass is 16.1. The van der Waals surface area contributed by atoms with E-state index in [1.807, 2.05) is 24.3 Å². The van der Waals surface area contributed by atoms with Crippen LogP contribution in [0, 0.1) is 0 Å². The number of anilines is 1. The third-order valence-electron chi connectivity index (χ3n) is 2.89. The van der Waals surface area contributed by atoms with Crippen molar-refractivity contribution >= 4 is 11.6 Å². The predicted octanol–water partition coefficient (Wildman–Crippen LogP) is 2.29. The minimum atomic E-state index is -0.0690. The molecule has 1 unspecified atom stereocenters. The number of hydrogen-bond acceptors (Lipinski definition) is 4. The van der Waals surface area contributed by atoms with E-state index in [2.05, 4.69) is 27.5 Å². The van der Waals surface area contributed by atoms with Gasteiger partial charge in [0.1, 0.15) is 5.82 Å². The Hall–Kier alpha value is -2.27. The normalized spacial score (nSPS) is 11.9. The topological polar surface area (TPSA) is 66.9 Å². The fourth-order valence-corrected chi connectivity index (χ4v) is 1.87. The van der Waals surface area contributed by atoms with E-state index in [9.17, 15) is 4.79 Å². The molecule has 1 amide bonds. The fourth-order valence-electron chi connectivity index (χ4n) is 1.87. The highest BCUT2D eigenvalue weighted by molar-refractivity contribution is 5.88. The van der Waals surface area contributed by atoms with Crippen molar-refractivity contribution in [3.05, 3.63) is 54.1 Å². The number of benzene rings is 1. The van der Waals surface area contributed by atoms with E-state index in [1.165, 1.54) is 6.92 Å². The molecule has 0 fully saturated rings. The third kappa shape index (κ3) is 4.13. The Morgan fingerprint density at radius 1 is 1.25 bits per heavy atom. The summed E-state index contributed by atoms with van der Waals surface area (Å²) in [6.07, 6.45) is 3.46. The summed E-state index contributed by atoms with van der Waals surface area (Å²) in [4.78, 5) is 19.4. The summed E-state index contributed by atoms with van der Waals surface area (Å²) in [5.74, 6) is 0.692. The lowest BCUT2D eigenvalue weighted by atomic mass is 10.1. The Morgan fingerprint density at radius 3 is 2.70 bits per heavy atom. The molecule has 0 aliphatic heterocycles. The number of aromatic nitrogens is 2. The van der Waals surface area contributed by atoms with Gasteiger partial charge in [0.25, 0.3) is 0 Å². The molecule has 104 valence electrons. The van der Waals surface area contributed by atoms with E-state index >= 15 is 0 Å². The number of nitrogens with zero attached hydrogens (tertiary/aromatic N) is 2. The molecule has 0 radical (unpaired) electrons. The zero-order chi connectivity index (χ0) is 14.4. The van der Waals surface area contributed by atoms with Crippen molar-refractivity contribution in [2.45, 2.75) is 26.4 Å². The van der Waals surface area contributed by atoms with Gasteiger partial charge in [-0.15, -0.1) is 0 Å². The molecule has 0 aliphatic carbocycles. The molecule has 1 atom stereocenters. The second-order valence-electron chi connectivity index (χ2n) is 4.57. The van der Waals surface area contributed by atoms with Crippen molar-refractivity contribution in [2.75, 3.05) is 5.32 Å². The van der Waals surface area contributed by atoms with Crippen LogP contribution in [0.2, 0.25) is 0 Å². The van der Waals surface area contributed by atoms with Gasteiger partial charge in [-0.05, 0) is 30.7 Å². The average Bonchev–Trinajstić information content (AvgIpc) is 2.45. The van der Waals surface area contributed by atoms with Crippen molar-refractivity contribution in [3.8, 4) is 0 Å². The Balaban J connectivity index is 1.98. The van der Waals surface area contributed by atoms with Crippen molar-refractivity contribution < 1.29 is 4.79 Å². The van der Waals surface area contributed by atoms with Gasteiger partial charge in [0.05, 0.1) is 6.54 Å². The van der Waals surface area contributed by atoms with Gasteiger partial charge in [-0.3, -0.25) is 4.79 Å². The molecule has 0 spiro atoms. The van der Waals surface area contributed by atoms with E-state index < -0.39 is 0 Å². The Labute approximate surface area is 118 Å². The molecule has 2 N–H and O–H groups in total. The van der Waals surface area contributed by atoms with Crippen LogP contribution in [0.1, 0.15) is 31.3 Å². The van der Waals surface area contributed by atoms with Gasteiger partial charge in [-0.25, -0.2) is 9.97 Å². The summed E-state index contributed by atoms with van der Waals surface area (Å²) in [6.45, 7) is 4.17. The maximum atomic E-state index is 11.1. The molecule has 0 saturated heterocycles. The van der Waals surface area contributed by atoms with Crippen LogP contribution in [0.3, 0.4) is 0 Å². The lowest BCUT2D eigenvalue weighted by Crippen LogP contribution is -2.19. The minimum absolute atomic E-state index is 0.0690. The summed E-state index contributed by atoms with van der Waals surface area (Å²) >= 11 is 0. The number of amides is 1. The van der Waals surface area contributed by atoms with Gasteiger partial charge in [0.2, 0.25) is 5.91 Å². The lowest BCUT2D eigenvalue weighted by molar-refractivity contribution is -0.114. The van der Waals surface area contributed by atoms with E-state index in [0.29, 0.717) is 6.54 Å². The smallest absolute Gasteiger partial charge is 0.221 e. The zero-order valence-corrected chi connectivity index (χ0v) is 11.6. The summed E-state index contributed by atoms with van der Waals surface area (Å²) in [5.41, 5.74) is 1.91.